The van der Waals surface area contributed by atoms with E-state index in [0.29, 0.717) is 18.1 Å². The zero-order valence-electron chi connectivity index (χ0n) is 15.2. The molecule has 0 radical (unpaired) electrons. The molecule has 6 heteroatoms. The molecule has 0 atom stereocenters. The first-order chi connectivity index (χ1) is 13.0. The average Bonchev–Trinajstić information content (AvgIpc) is 3.11. The Kier molecular flexibility index (Phi) is 6.14. The molecule has 0 saturated carbocycles. The van der Waals surface area contributed by atoms with Crippen LogP contribution in [0.4, 0.5) is 0 Å². The maximum atomic E-state index is 10.8. The molecule has 4 nitrogen and oxygen atoms in total. The highest BCUT2D eigenvalue weighted by Crippen LogP contribution is 2.29. The first-order valence-corrected chi connectivity index (χ1v) is 9.80. The molecular weight excluding hydrogens is 382 g/mol. The number of aliphatic carboxylic acids is 1. The Morgan fingerprint density at radius 2 is 1.85 bits per heavy atom. The quantitative estimate of drug-likeness (QED) is 0.553. The summed E-state index contributed by atoms with van der Waals surface area (Å²) >= 11 is 7.36. The van der Waals surface area contributed by atoms with Gasteiger partial charge in [-0.3, -0.25) is 4.79 Å². The van der Waals surface area contributed by atoms with Crippen LogP contribution in [0.2, 0.25) is 5.02 Å². The van der Waals surface area contributed by atoms with Crippen LogP contribution < -0.4 is 4.74 Å². The van der Waals surface area contributed by atoms with Crippen LogP contribution in [-0.2, 0) is 17.8 Å². The fraction of sp³-hybridized carbons (Fsp3) is 0.238. The van der Waals surface area contributed by atoms with Gasteiger partial charge in [-0.15, -0.1) is 0 Å². The number of hydrogen-bond donors (Lipinski definition) is 1. The zero-order chi connectivity index (χ0) is 19.4. The zero-order valence-corrected chi connectivity index (χ0v) is 16.7. The number of halogens is 1. The molecule has 0 spiro atoms. The van der Waals surface area contributed by atoms with Crippen molar-refractivity contribution in [3.63, 3.8) is 0 Å². The summed E-state index contributed by atoms with van der Waals surface area (Å²) in [6.45, 7) is 4.43. The SMILES string of the molecule is Cc1c(CCC(=O)O)ccc(OCc2csnc2-c2ccc(Cl)cc2)c1C. The summed E-state index contributed by atoms with van der Waals surface area (Å²) in [5.74, 6) is 0.0203. The highest BCUT2D eigenvalue weighted by atomic mass is 35.5. The number of hydrogen-bond acceptors (Lipinski definition) is 4. The second kappa shape index (κ2) is 8.55. The molecule has 3 aromatic rings. The number of carboxylic acids is 1. The Bertz CT molecular complexity index is 951. The van der Waals surface area contributed by atoms with Crippen molar-refractivity contribution in [2.75, 3.05) is 0 Å². The summed E-state index contributed by atoms with van der Waals surface area (Å²) in [4.78, 5) is 10.8. The van der Waals surface area contributed by atoms with E-state index in [1.807, 2.05) is 55.6 Å². The number of ether oxygens (including phenoxy) is 1. The van der Waals surface area contributed by atoms with Crippen LogP contribution in [0, 0.1) is 13.8 Å². The molecule has 0 saturated heterocycles. The van der Waals surface area contributed by atoms with Gasteiger partial charge in [-0.2, -0.15) is 4.37 Å². The van der Waals surface area contributed by atoms with Crippen molar-refractivity contribution in [2.24, 2.45) is 0 Å². The molecule has 2 aromatic carbocycles. The maximum absolute atomic E-state index is 10.8. The summed E-state index contributed by atoms with van der Waals surface area (Å²) in [7, 11) is 0. The fourth-order valence-electron chi connectivity index (χ4n) is 2.88. The van der Waals surface area contributed by atoms with Gasteiger partial charge in [0.05, 0.1) is 5.69 Å². The number of carboxylic acid groups (broad SMARTS) is 1. The van der Waals surface area contributed by atoms with Crippen molar-refractivity contribution < 1.29 is 14.6 Å². The first-order valence-electron chi connectivity index (χ1n) is 8.58. The molecular formula is C21H20ClNO3S. The largest absolute Gasteiger partial charge is 0.489 e. The van der Waals surface area contributed by atoms with Gasteiger partial charge in [0.25, 0.3) is 0 Å². The number of aryl methyl sites for hydroxylation is 1. The van der Waals surface area contributed by atoms with E-state index in [4.69, 9.17) is 21.4 Å². The second-order valence-corrected chi connectivity index (χ2v) is 7.42. The molecule has 1 aromatic heterocycles. The summed E-state index contributed by atoms with van der Waals surface area (Å²) in [6.07, 6.45) is 0.656. The van der Waals surface area contributed by atoms with Gasteiger partial charge in [0, 0.05) is 28.0 Å². The molecule has 1 N–H and O–H groups in total. The molecule has 3 rings (SSSR count). The summed E-state index contributed by atoms with van der Waals surface area (Å²) in [5, 5.41) is 11.6. The van der Waals surface area contributed by atoms with E-state index in [0.717, 1.165) is 39.3 Å². The number of nitrogens with zero attached hydrogens (tertiary/aromatic N) is 1. The monoisotopic (exact) mass is 401 g/mol. The van der Waals surface area contributed by atoms with Gasteiger partial charge in [-0.25, -0.2) is 0 Å². The van der Waals surface area contributed by atoms with E-state index in [1.54, 1.807) is 0 Å². The maximum Gasteiger partial charge on any atom is 0.303 e. The van der Waals surface area contributed by atoms with Crippen molar-refractivity contribution >= 4 is 29.1 Å². The topological polar surface area (TPSA) is 59.4 Å². The fourth-order valence-corrected chi connectivity index (χ4v) is 3.70. The lowest BCUT2D eigenvalue weighted by molar-refractivity contribution is -0.136. The normalized spacial score (nSPS) is 10.8. The standard InChI is InChI=1S/C21H20ClNO3S/c1-13-14(2)19(9-5-15(13)6-10-20(24)25)26-11-17-12-27-23-21(17)16-3-7-18(22)8-4-16/h3-5,7-9,12H,6,10-11H2,1-2H3,(H,24,25). The van der Waals surface area contributed by atoms with Crippen molar-refractivity contribution in [3.8, 4) is 17.0 Å². The van der Waals surface area contributed by atoms with Gasteiger partial charge in [0.15, 0.2) is 0 Å². The second-order valence-electron chi connectivity index (χ2n) is 6.35. The summed E-state index contributed by atoms with van der Waals surface area (Å²) in [5.41, 5.74) is 6.10. The van der Waals surface area contributed by atoms with Crippen molar-refractivity contribution in [1.29, 1.82) is 0 Å². The van der Waals surface area contributed by atoms with Gasteiger partial charge < -0.3 is 9.84 Å². The third-order valence-electron chi connectivity index (χ3n) is 4.60. The minimum Gasteiger partial charge on any atom is -0.489 e. The van der Waals surface area contributed by atoms with Gasteiger partial charge in [-0.05, 0) is 66.7 Å². The van der Waals surface area contributed by atoms with Crippen molar-refractivity contribution in [3.05, 3.63) is 69.1 Å². The minimum absolute atomic E-state index is 0.130. The molecule has 27 heavy (non-hydrogen) atoms. The number of aromatic nitrogens is 1. The Hall–Kier alpha value is -2.37. The van der Waals surface area contributed by atoms with Crippen LogP contribution in [0.15, 0.2) is 41.8 Å². The van der Waals surface area contributed by atoms with Crippen molar-refractivity contribution in [1.82, 2.24) is 4.37 Å². The Labute approximate surface area is 167 Å². The van der Waals surface area contributed by atoms with E-state index in [1.165, 1.54) is 11.5 Å². The third-order valence-corrected chi connectivity index (χ3v) is 5.53. The Balaban J connectivity index is 1.74. The molecule has 0 aliphatic rings. The predicted molar refractivity (Wildman–Crippen MR) is 109 cm³/mol. The van der Waals surface area contributed by atoms with Gasteiger partial charge >= 0.3 is 5.97 Å². The van der Waals surface area contributed by atoms with Crippen LogP contribution >= 0.6 is 23.1 Å². The van der Waals surface area contributed by atoms with E-state index >= 15 is 0 Å². The minimum atomic E-state index is -0.785. The molecule has 0 aliphatic heterocycles. The smallest absolute Gasteiger partial charge is 0.303 e. The number of benzene rings is 2. The van der Waals surface area contributed by atoms with Gasteiger partial charge in [0.2, 0.25) is 0 Å². The highest BCUT2D eigenvalue weighted by Gasteiger charge is 2.12. The number of rotatable bonds is 7. The van der Waals surface area contributed by atoms with E-state index in [2.05, 4.69) is 4.37 Å². The van der Waals surface area contributed by atoms with E-state index in [-0.39, 0.29) is 6.42 Å². The predicted octanol–water partition coefficient (Wildman–Crippen LogP) is 5.68. The third kappa shape index (κ3) is 4.67. The summed E-state index contributed by atoms with van der Waals surface area (Å²) in [6, 6.07) is 11.5. The van der Waals surface area contributed by atoms with Gasteiger partial charge in [0.1, 0.15) is 12.4 Å². The number of carbonyl (C=O) groups is 1. The molecule has 140 valence electrons. The van der Waals surface area contributed by atoms with Gasteiger partial charge in [-0.1, -0.05) is 29.8 Å². The molecule has 0 aliphatic carbocycles. The lowest BCUT2D eigenvalue weighted by atomic mass is 9.99. The Morgan fingerprint density at radius 1 is 1.11 bits per heavy atom. The molecule has 0 amide bonds. The molecule has 0 bridgehead atoms. The highest BCUT2D eigenvalue weighted by molar-refractivity contribution is 7.04. The average molecular weight is 402 g/mol. The van der Waals surface area contributed by atoms with Crippen LogP contribution in [0.1, 0.15) is 28.7 Å². The molecule has 0 unspecified atom stereocenters. The summed E-state index contributed by atoms with van der Waals surface area (Å²) < 4.78 is 10.5. The first kappa shape index (κ1) is 19.4. The van der Waals surface area contributed by atoms with Crippen LogP contribution in [0.5, 0.6) is 5.75 Å². The molecule has 0 fully saturated rings. The van der Waals surface area contributed by atoms with E-state index in [9.17, 15) is 4.79 Å². The van der Waals surface area contributed by atoms with E-state index < -0.39 is 5.97 Å². The van der Waals surface area contributed by atoms with Crippen molar-refractivity contribution in [2.45, 2.75) is 33.3 Å². The lowest BCUT2D eigenvalue weighted by Crippen LogP contribution is -2.03. The molecule has 1 heterocycles. The lowest BCUT2D eigenvalue weighted by Gasteiger charge is -2.14. The van der Waals surface area contributed by atoms with Crippen LogP contribution in [0.25, 0.3) is 11.3 Å². The Morgan fingerprint density at radius 3 is 2.56 bits per heavy atom. The van der Waals surface area contributed by atoms with Crippen LogP contribution in [-0.4, -0.2) is 15.4 Å². The van der Waals surface area contributed by atoms with Crippen LogP contribution in [0.3, 0.4) is 0 Å².